The van der Waals surface area contributed by atoms with Crippen LogP contribution in [0.25, 0.3) is 0 Å². The average molecular weight is 189 g/mol. The molecule has 0 bridgehead atoms. The van der Waals surface area contributed by atoms with Crippen molar-refractivity contribution in [3.8, 4) is 0 Å². The maximum absolute atomic E-state index is 5.61. The monoisotopic (exact) mass is 189 g/mol. The first kappa shape index (κ1) is 9.72. The molecule has 0 spiro atoms. The topological polar surface area (TPSA) is 9.23 Å². The van der Waals surface area contributed by atoms with Crippen LogP contribution in [0.15, 0.2) is 24.3 Å². The minimum absolute atomic E-state index is 0.298. The summed E-state index contributed by atoms with van der Waals surface area (Å²) >= 11 is 0. The van der Waals surface area contributed by atoms with Crippen molar-refractivity contribution >= 4 is 0 Å². The van der Waals surface area contributed by atoms with Crippen LogP contribution < -0.4 is 0 Å². The first-order valence-electron chi connectivity index (χ1n) is 5.40. The van der Waals surface area contributed by atoms with Gasteiger partial charge in [-0.25, -0.2) is 0 Å². The Morgan fingerprint density at radius 2 is 1.93 bits per heavy atom. The second-order valence-corrected chi connectivity index (χ2v) is 4.03. The second kappa shape index (κ2) is 4.61. The van der Waals surface area contributed by atoms with Gasteiger partial charge in [0.2, 0.25) is 0 Å². The summed E-state index contributed by atoms with van der Waals surface area (Å²) < 4.78 is 5.61. The molecular formula is C13H17O. The maximum Gasteiger partial charge on any atom is 0.0849 e. The predicted octanol–water partition coefficient (Wildman–Crippen LogP) is 3.36. The fourth-order valence-electron chi connectivity index (χ4n) is 2.45. The highest BCUT2D eigenvalue weighted by Crippen LogP contribution is 2.37. The zero-order valence-corrected chi connectivity index (χ0v) is 8.70. The van der Waals surface area contributed by atoms with Crippen LogP contribution in [0.2, 0.25) is 0 Å². The Kier molecular flexibility index (Phi) is 3.20. The van der Waals surface area contributed by atoms with E-state index in [0.29, 0.717) is 6.10 Å². The molecule has 1 heteroatoms. The molecule has 1 aromatic carbocycles. The van der Waals surface area contributed by atoms with Gasteiger partial charge in [0.1, 0.15) is 0 Å². The van der Waals surface area contributed by atoms with Crippen molar-refractivity contribution in [1.29, 1.82) is 0 Å². The van der Waals surface area contributed by atoms with Gasteiger partial charge in [-0.05, 0) is 30.4 Å². The molecule has 1 atom stereocenters. The summed E-state index contributed by atoms with van der Waals surface area (Å²) in [5.74, 6) is 0.724. The Labute approximate surface area is 86.1 Å². The highest BCUT2D eigenvalue weighted by molar-refractivity contribution is 5.17. The van der Waals surface area contributed by atoms with Crippen molar-refractivity contribution in [2.24, 2.45) is 5.92 Å². The number of ether oxygens (including phenoxy) is 1. The van der Waals surface area contributed by atoms with Crippen molar-refractivity contribution in [1.82, 2.24) is 0 Å². The Morgan fingerprint density at radius 1 is 1.29 bits per heavy atom. The Bertz CT molecular complexity index is 262. The average Bonchev–Trinajstić information content (AvgIpc) is 2.74. The zero-order chi connectivity index (χ0) is 9.80. The standard InChI is InChI=1S/C13H17O/c1-14-13(12-9-5-6-10-12)11-7-3-2-4-8-11/h3-4,7-8,12-13H,5-6,9-10H2,1H3. The van der Waals surface area contributed by atoms with E-state index in [-0.39, 0.29) is 0 Å². The normalized spacial score (nSPS) is 19.8. The fraction of sp³-hybridized carbons (Fsp3) is 0.538. The van der Waals surface area contributed by atoms with Gasteiger partial charge < -0.3 is 4.74 Å². The third-order valence-corrected chi connectivity index (χ3v) is 3.15. The van der Waals surface area contributed by atoms with Crippen LogP contribution in [-0.2, 0) is 4.74 Å². The van der Waals surface area contributed by atoms with Crippen LogP contribution >= 0.6 is 0 Å². The van der Waals surface area contributed by atoms with Crippen molar-refractivity contribution in [2.75, 3.05) is 7.11 Å². The molecule has 1 saturated carbocycles. The van der Waals surface area contributed by atoms with Crippen LogP contribution in [-0.4, -0.2) is 7.11 Å². The minimum atomic E-state index is 0.298. The van der Waals surface area contributed by atoms with Gasteiger partial charge in [0.25, 0.3) is 0 Å². The summed E-state index contributed by atoms with van der Waals surface area (Å²) in [5, 5.41) is 0. The number of hydrogen-bond donors (Lipinski definition) is 0. The molecule has 75 valence electrons. The van der Waals surface area contributed by atoms with Gasteiger partial charge in [0, 0.05) is 7.11 Å². The Morgan fingerprint density at radius 3 is 2.50 bits per heavy atom. The summed E-state index contributed by atoms with van der Waals surface area (Å²) in [4.78, 5) is 0. The van der Waals surface area contributed by atoms with E-state index in [2.05, 4.69) is 18.2 Å². The molecular weight excluding hydrogens is 172 g/mol. The lowest BCUT2D eigenvalue weighted by Crippen LogP contribution is -2.11. The van der Waals surface area contributed by atoms with E-state index < -0.39 is 0 Å². The van der Waals surface area contributed by atoms with E-state index >= 15 is 0 Å². The first-order chi connectivity index (χ1) is 6.92. The van der Waals surface area contributed by atoms with Gasteiger partial charge in [0.05, 0.1) is 6.10 Å². The summed E-state index contributed by atoms with van der Waals surface area (Å²) in [6, 6.07) is 11.2. The SMILES string of the molecule is COC(c1cc[c]cc1)C1CCCC1. The molecule has 2 rings (SSSR count). The van der Waals surface area contributed by atoms with Crippen molar-refractivity contribution in [3.05, 3.63) is 35.9 Å². The molecule has 0 N–H and O–H groups in total. The molecule has 1 radical (unpaired) electrons. The first-order valence-corrected chi connectivity index (χ1v) is 5.40. The predicted molar refractivity (Wildman–Crippen MR) is 57.0 cm³/mol. The largest absolute Gasteiger partial charge is 0.376 e. The van der Waals surface area contributed by atoms with Gasteiger partial charge in [-0.2, -0.15) is 0 Å². The third kappa shape index (κ3) is 1.98. The van der Waals surface area contributed by atoms with Crippen LogP contribution in [0.5, 0.6) is 0 Å². The van der Waals surface area contributed by atoms with Crippen molar-refractivity contribution in [3.63, 3.8) is 0 Å². The molecule has 0 aromatic heterocycles. The molecule has 1 aromatic rings. The maximum atomic E-state index is 5.61. The van der Waals surface area contributed by atoms with Crippen molar-refractivity contribution < 1.29 is 4.74 Å². The molecule has 0 aliphatic heterocycles. The highest BCUT2D eigenvalue weighted by atomic mass is 16.5. The molecule has 0 amide bonds. The summed E-state index contributed by atoms with van der Waals surface area (Å²) in [5.41, 5.74) is 1.30. The molecule has 1 unspecified atom stereocenters. The van der Waals surface area contributed by atoms with Gasteiger partial charge >= 0.3 is 0 Å². The van der Waals surface area contributed by atoms with Gasteiger partial charge in [-0.3, -0.25) is 0 Å². The van der Waals surface area contributed by atoms with E-state index in [1.807, 2.05) is 19.2 Å². The lowest BCUT2D eigenvalue weighted by Gasteiger charge is -2.22. The lowest BCUT2D eigenvalue weighted by atomic mass is 9.94. The molecule has 14 heavy (non-hydrogen) atoms. The summed E-state index contributed by atoms with van der Waals surface area (Å²) in [7, 11) is 1.82. The van der Waals surface area contributed by atoms with Gasteiger partial charge in [-0.15, -0.1) is 0 Å². The number of benzene rings is 1. The lowest BCUT2D eigenvalue weighted by molar-refractivity contribution is 0.0536. The van der Waals surface area contributed by atoms with E-state index in [1.54, 1.807) is 0 Å². The van der Waals surface area contributed by atoms with Gasteiger partial charge in [-0.1, -0.05) is 37.1 Å². The summed E-state index contributed by atoms with van der Waals surface area (Å²) in [6.07, 6.45) is 5.66. The van der Waals surface area contributed by atoms with Crippen LogP contribution in [0, 0.1) is 12.0 Å². The van der Waals surface area contributed by atoms with Crippen molar-refractivity contribution in [2.45, 2.75) is 31.8 Å². The third-order valence-electron chi connectivity index (χ3n) is 3.15. The molecule has 0 heterocycles. The quantitative estimate of drug-likeness (QED) is 0.708. The fourth-order valence-corrected chi connectivity index (χ4v) is 2.45. The number of hydrogen-bond acceptors (Lipinski definition) is 1. The molecule has 1 fully saturated rings. The smallest absolute Gasteiger partial charge is 0.0849 e. The molecule has 0 saturated heterocycles. The number of methoxy groups -OCH3 is 1. The van der Waals surface area contributed by atoms with E-state index in [0.717, 1.165) is 5.92 Å². The van der Waals surface area contributed by atoms with Crippen LogP contribution in [0.1, 0.15) is 37.4 Å². The van der Waals surface area contributed by atoms with E-state index in [1.165, 1.54) is 31.2 Å². The highest BCUT2D eigenvalue weighted by Gasteiger charge is 2.25. The second-order valence-electron chi connectivity index (χ2n) is 4.03. The summed E-state index contributed by atoms with van der Waals surface area (Å²) in [6.45, 7) is 0. The Balaban J connectivity index is 2.12. The van der Waals surface area contributed by atoms with E-state index in [9.17, 15) is 0 Å². The Hall–Kier alpha value is -0.820. The number of rotatable bonds is 3. The molecule has 1 nitrogen and oxygen atoms in total. The van der Waals surface area contributed by atoms with Crippen LogP contribution in [0.4, 0.5) is 0 Å². The van der Waals surface area contributed by atoms with Crippen LogP contribution in [0.3, 0.4) is 0 Å². The van der Waals surface area contributed by atoms with E-state index in [4.69, 9.17) is 4.74 Å². The minimum Gasteiger partial charge on any atom is -0.376 e. The van der Waals surface area contributed by atoms with Gasteiger partial charge in [0.15, 0.2) is 0 Å². The zero-order valence-electron chi connectivity index (χ0n) is 8.70. The molecule has 1 aliphatic rings. The molecule has 1 aliphatic carbocycles.